The summed E-state index contributed by atoms with van der Waals surface area (Å²) in [4.78, 5) is 12.1. The van der Waals surface area contributed by atoms with E-state index in [1.807, 2.05) is 24.3 Å². The highest BCUT2D eigenvalue weighted by atomic mass is 35.5. The molecule has 5 nitrogen and oxygen atoms in total. The third-order valence-corrected chi connectivity index (χ3v) is 4.20. The van der Waals surface area contributed by atoms with E-state index < -0.39 is 0 Å². The fraction of sp³-hybridized carbons (Fsp3) is 0.412. The fourth-order valence-electron chi connectivity index (χ4n) is 2.55. The quantitative estimate of drug-likeness (QED) is 0.787. The number of carbonyl (C=O) groups is 1. The second kappa shape index (κ2) is 7.62. The van der Waals surface area contributed by atoms with E-state index >= 15 is 0 Å². The normalized spacial score (nSPS) is 17.9. The van der Waals surface area contributed by atoms with Crippen LogP contribution in [0, 0.1) is 0 Å². The maximum Gasteiger partial charge on any atom is 0.341 e. The van der Waals surface area contributed by atoms with Crippen molar-refractivity contribution in [3.8, 4) is 0 Å². The Morgan fingerprint density at radius 3 is 3.04 bits per heavy atom. The van der Waals surface area contributed by atoms with Gasteiger partial charge in [-0.2, -0.15) is 5.10 Å². The van der Waals surface area contributed by atoms with Crippen LogP contribution in [0.15, 0.2) is 36.7 Å². The van der Waals surface area contributed by atoms with Crippen LogP contribution in [0.5, 0.6) is 0 Å². The number of hydrogen-bond acceptors (Lipinski definition) is 4. The molecule has 1 fully saturated rings. The topological polar surface area (TPSA) is 53.4 Å². The number of benzene rings is 1. The van der Waals surface area contributed by atoms with Crippen LogP contribution in [-0.4, -0.2) is 35.1 Å². The molecule has 0 saturated carbocycles. The highest BCUT2D eigenvalue weighted by molar-refractivity contribution is 6.31. The number of aromatic nitrogens is 2. The number of halogens is 1. The smallest absolute Gasteiger partial charge is 0.341 e. The Bertz CT molecular complexity index is 665. The maximum absolute atomic E-state index is 12.1. The van der Waals surface area contributed by atoms with E-state index in [0.717, 1.165) is 31.4 Å². The minimum absolute atomic E-state index is 0.0193. The van der Waals surface area contributed by atoms with Crippen LogP contribution in [0.3, 0.4) is 0 Å². The molecule has 0 spiro atoms. The third kappa shape index (κ3) is 4.33. The minimum Gasteiger partial charge on any atom is -0.459 e. The van der Waals surface area contributed by atoms with Gasteiger partial charge in [-0.1, -0.05) is 29.8 Å². The summed E-state index contributed by atoms with van der Waals surface area (Å²) < 4.78 is 12.5. The van der Waals surface area contributed by atoms with Crippen LogP contribution >= 0.6 is 11.6 Å². The van der Waals surface area contributed by atoms with Gasteiger partial charge in [0.1, 0.15) is 6.61 Å². The largest absolute Gasteiger partial charge is 0.459 e. The van der Waals surface area contributed by atoms with Gasteiger partial charge in [-0.05, 0) is 30.9 Å². The molecule has 1 atom stereocenters. The molecule has 3 rings (SSSR count). The molecule has 0 aliphatic carbocycles. The Morgan fingerprint density at radius 2 is 2.26 bits per heavy atom. The molecular weight excluding hydrogens is 316 g/mol. The molecule has 0 bridgehead atoms. The first-order chi connectivity index (χ1) is 11.2. The van der Waals surface area contributed by atoms with Gasteiger partial charge in [0.05, 0.1) is 24.4 Å². The number of ether oxygens (including phenoxy) is 2. The summed E-state index contributed by atoms with van der Waals surface area (Å²) in [6.45, 7) is 1.56. The van der Waals surface area contributed by atoms with Gasteiger partial charge in [0.25, 0.3) is 0 Å². The molecule has 0 amide bonds. The zero-order valence-electron chi connectivity index (χ0n) is 12.8. The molecule has 2 heterocycles. The van der Waals surface area contributed by atoms with Gasteiger partial charge in [-0.15, -0.1) is 0 Å². The standard InChI is InChI=1S/C17H19ClN2O3/c18-16-7-2-1-5-13(16)10-20-11-14(9-19-20)17(21)23-12-15-6-3-4-8-22-15/h1-2,5,7,9,11,15H,3-4,6,8,10,12H2. The first-order valence-electron chi connectivity index (χ1n) is 7.77. The summed E-state index contributed by atoms with van der Waals surface area (Å²) >= 11 is 6.13. The van der Waals surface area contributed by atoms with Crippen molar-refractivity contribution in [3.05, 3.63) is 52.8 Å². The van der Waals surface area contributed by atoms with Crippen molar-refractivity contribution in [1.82, 2.24) is 9.78 Å². The van der Waals surface area contributed by atoms with E-state index in [1.165, 1.54) is 6.20 Å². The third-order valence-electron chi connectivity index (χ3n) is 3.83. The van der Waals surface area contributed by atoms with Crippen LogP contribution in [0.25, 0.3) is 0 Å². The van der Waals surface area contributed by atoms with Crippen molar-refractivity contribution in [2.75, 3.05) is 13.2 Å². The predicted molar refractivity (Wildman–Crippen MR) is 86.7 cm³/mol. The lowest BCUT2D eigenvalue weighted by Gasteiger charge is -2.21. The SMILES string of the molecule is O=C(OCC1CCCCO1)c1cnn(Cc2ccccc2Cl)c1. The lowest BCUT2D eigenvalue weighted by atomic mass is 10.1. The van der Waals surface area contributed by atoms with Crippen LogP contribution in [0.1, 0.15) is 35.2 Å². The van der Waals surface area contributed by atoms with E-state index in [2.05, 4.69) is 5.10 Å². The number of hydrogen-bond donors (Lipinski definition) is 0. The zero-order chi connectivity index (χ0) is 16.1. The molecule has 1 aliphatic heterocycles. The number of nitrogens with zero attached hydrogens (tertiary/aromatic N) is 2. The molecule has 1 unspecified atom stereocenters. The lowest BCUT2D eigenvalue weighted by Crippen LogP contribution is -2.25. The second-order valence-corrected chi connectivity index (χ2v) is 6.01. The highest BCUT2D eigenvalue weighted by Crippen LogP contribution is 2.17. The monoisotopic (exact) mass is 334 g/mol. The van der Waals surface area contributed by atoms with Crippen LogP contribution in [0.2, 0.25) is 5.02 Å². The molecule has 122 valence electrons. The van der Waals surface area contributed by atoms with Crippen molar-refractivity contribution in [3.63, 3.8) is 0 Å². The molecule has 23 heavy (non-hydrogen) atoms. The van der Waals surface area contributed by atoms with Gasteiger partial charge >= 0.3 is 5.97 Å². The van der Waals surface area contributed by atoms with E-state index in [0.29, 0.717) is 23.7 Å². The van der Waals surface area contributed by atoms with Crippen molar-refractivity contribution < 1.29 is 14.3 Å². The first-order valence-corrected chi connectivity index (χ1v) is 8.15. The molecule has 0 radical (unpaired) electrons. The number of rotatable bonds is 5. The van der Waals surface area contributed by atoms with Crippen molar-refractivity contribution >= 4 is 17.6 Å². The molecule has 1 saturated heterocycles. The highest BCUT2D eigenvalue weighted by Gasteiger charge is 2.17. The van der Waals surface area contributed by atoms with Gasteiger partial charge < -0.3 is 9.47 Å². The molecule has 0 N–H and O–H groups in total. The Morgan fingerprint density at radius 1 is 1.39 bits per heavy atom. The summed E-state index contributed by atoms with van der Waals surface area (Å²) in [7, 11) is 0. The first kappa shape index (κ1) is 16.0. The molecule has 1 aromatic heterocycles. The minimum atomic E-state index is -0.371. The van der Waals surface area contributed by atoms with Gasteiger partial charge in [0, 0.05) is 17.8 Å². The van der Waals surface area contributed by atoms with Crippen LogP contribution in [0.4, 0.5) is 0 Å². The Kier molecular flexibility index (Phi) is 5.31. The van der Waals surface area contributed by atoms with Crippen molar-refractivity contribution in [2.24, 2.45) is 0 Å². The summed E-state index contributed by atoms with van der Waals surface area (Å²) in [5.74, 6) is -0.371. The fourth-order valence-corrected chi connectivity index (χ4v) is 2.74. The van der Waals surface area contributed by atoms with Crippen LogP contribution < -0.4 is 0 Å². The number of carbonyl (C=O) groups excluding carboxylic acids is 1. The zero-order valence-corrected chi connectivity index (χ0v) is 13.5. The van der Waals surface area contributed by atoms with E-state index in [-0.39, 0.29) is 12.1 Å². The maximum atomic E-state index is 12.1. The lowest BCUT2D eigenvalue weighted by molar-refractivity contribution is -0.0300. The van der Waals surface area contributed by atoms with Crippen molar-refractivity contribution in [1.29, 1.82) is 0 Å². The molecule has 2 aromatic rings. The number of esters is 1. The van der Waals surface area contributed by atoms with Crippen molar-refractivity contribution in [2.45, 2.75) is 31.9 Å². The Hall–Kier alpha value is -1.85. The van der Waals surface area contributed by atoms with Gasteiger partial charge in [-0.25, -0.2) is 4.79 Å². The molecule has 1 aromatic carbocycles. The molecule has 1 aliphatic rings. The van der Waals surface area contributed by atoms with E-state index in [4.69, 9.17) is 21.1 Å². The summed E-state index contributed by atoms with van der Waals surface area (Å²) in [6, 6.07) is 7.57. The second-order valence-electron chi connectivity index (χ2n) is 5.61. The van der Waals surface area contributed by atoms with Gasteiger partial charge in [0.2, 0.25) is 0 Å². The summed E-state index contributed by atoms with van der Waals surface area (Å²) in [6.07, 6.45) is 6.36. The average molecular weight is 335 g/mol. The Labute approximate surface area is 140 Å². The Balaban J connectivity index is 1.55. The molecule has 6 heteroatoms. The predicted octanol–water partition coefficient (Wildman–Crippen LogP) is 3.31. The van der Waals surface area contributed by atoms with E-state index in [9.17, 15) is 4.79 Å². The van der Waals surface area contributed by atoms with Gasteiger partial charge in [0.15, 0.2) is 0 Å². The van der Waals surface area contributed by atoms with Gasteiger partial charge in [-0.3, -0.25) is 4.68 Å². The van der Waals surface area contributed by atoms with Crippen LogP contribution in [-0.2, 0) is 16.0 Å². The van der Waals surface area contributed by atoms with E-state index in [1.54, 1.807) is 10.9 Å². The average Bonchev–Trinajstić information content (AvgIpc) is 3.04. The molecular formula is C17H19ClN2O3. The summed E-state index contributed by atoms with van der Waals surface area (Å²) in [5, 5.41) is 4.88. The summed E-state index contributed by atoms with van der Waals surface area (Å²) in [5.41, 5.74) is 1.39.